The molecule has 0 radical (unpaired) electrons. The van der Waals surface area contributed by atoms with Crippen molar-refractivity contribution in [2.75, 3.05) is 18.4 Å². The molecule has 2 heterocycles. The fourth-order valence-electron chi connectivity index (χ4n) is 2.83. The summed E-state index contributed by atoms with van der Waals surface area (Å²) in [7, 11) is -4.53. The van der Waals surface area contributed by atoms with Gasteiger partial charge < -0.3 is 15.3 Å². The molecule has 30 heavy (non-hydrogen) atoms. The molecule has 0 fully saturated rings. The maximum atomic E-state index is 11.4. The number of benzene rings is 1. The summed E-state index contributed by atoms with van der Waals surface area (Å²) in [5.74, 6) is 0. The first-order valence-corrected chi connectivity index (χ1v) is 10.2. The van der Waals surface area contributed by atoms with Crippen LogP contribution in [0.5, 0.6) is 0 Å². The van der Waals surface area contributed by atoms with Crippen LogP contribution in [0.2, 0.25) is 0 Å². The van der Waals surface area contributed by atoms with Crippen LogP contribution in [-0.4, -0.2) is 46.4 Å². The molecule has 3 N–H and O–H groups in total. The number of anilines is 1. The maximum absolute atomic E-state index is 11.4. The molecule has 0 unspecified atom stereocenters. The molecule has 0 saturated heterocycles. The second-order valence-corrected chi connectivity index (χ2v) is 7.58. The first-order valence-electron chi connectivity index (χ1n) is 8.83. The number of nitrogens with zero attached hydrogens (tertiary/aromatic N) is 3. The summed E-state index contributed by atoms with van der Waals surface area (Å²) < 4.78 is 34.2. The minimum absolute atomic E-state index is 0. The van der Waals surface area contributed by atoms with E-state index in [1.807, 2.05) is 36.4 Å². The van der Waals surface area contributed by atoms with Crippen LogP contribution in [0.1, 0.15) is 11.4 Å². The molecule has 3 aromatic rings. The Hall–Kier alpha value is -1.85. The number of pyridine rings is 2. The Morgan fingerprint density at radius 1 is 0.867 bits per heavy atom. The number of rotatable bonds is 9. The van der Waals surface area contributed by atoms with Gasteiger partial charge in [0.25, 0.3) is 0 Å². The molecule has 3 rings (SSSR count). The molecule has 0 aliphatic heterocycles. The normalized spacial score (nSPS) is 10.7. The fraction of sp³-hybridized carbons (Fsp3) is 0.200. The van der Waals surface area contributed by atoms with E-state index in [1.165, 1.54) is 12.1 Å². The van der Waals surface area contributed by atoms with Crippen molar-refractivity contribution in [3.63, 3.8) is 0 Å². The van der Waals surface area contributed by atoms with Crippen LogP contribution in [0, 0.1) is 0 Å². The predicted octanol–water partition coefficient (Wildman–Crippen LogP) is -1.33. The Bertz CT molecular complexity index is 950. The van der Waals surface area contributed by atoms with E-state index in [0.29, 0.717) is 31.9 Å². The van der Waals surface area contributed by atoms with Gasteiger partial charge in [0, 0.05) is 38.6 Å². The summed E-state index contributed by atoms with van der Waals surface area (Å²) in [5, 5.41) is 3.06. The minimum Gasteiger partial charge on any atom is -0.744 e. The molecule has 0 bridgehead atoms. The van der Waals surface area contributed by atoms with E-state index >= 15 is 0 Å². The van der Waals surface area contributed by atoms with Crippen molar-refractivity contribution in [2.45, 2.75) is 18.0 Å². The molecule has 8 nitrogen and oxygen atoms in total. The molecule has 154 valence electrons. The zero-order valence-electron chi connectivity index (χ0n) is 16.7. The quantitative estimate of drug-likeness (QED) is 0.324. The van der Waals surface area contributed by atoms with Crippen LogP contribution in [0.25, 0.3) is 0 Å². The molecule has 0 amide bonds. The topological polar surface area (TPSA) is 130 Å². The first-order chi connectivity index (χ1) is 13.5. The number of para-hydroxylation sites is 1. The van der Waals surface area contributed by atoms with Crippen LogP contribution >= 0.6 is 0 Å². The van der Waals surface area contributed by atoms with E-state index in [-0.39, 0.29) is 39.9 Å². The Morgan fingerprint density at radius 2 is 1.40 bits per heavy atom. The van der Waals surface area contributed by atoms with Gasteiger partial charge in [-0.3, -0.25) is 14.9 Å². The van der Waals surface area contributed by atoms with Gasteiger partial charge in [-0.25, -0.2) is 8.42 Å². The standard InChI is InChI=1S/C20H22N4O3S.Na.H2O/c25-28(26,27)20-10-2-1-9-19(20)23-13-14-24(15-17-7-3-5-11-21-17)16-18-8-4-6-12-22-18;;/h1-12,23H,13-16H2,(H,25,26,27);;1H2/q;+1;/p-1. The third-order valence-electron chi connectivity index (χ3n) is 4.12. The van der Waals surface area contributed by atoms with Crippen molar-refractivity contribution >= 4 is 15.8 Å². The van der Waals surface area contributed by atoms with E-state index in [2.05, 4.69) is 20.2 Å². The predicted molar refractivity (Wildman–Crippen MR) is 109 cm³/mol. The van der Waals surface area contributed by atoms with Crippen LogP contribution in [0.4, 0.5) is 5.69 Å². The van der Waals surface area contributed by atoms with E-state index in [0.717, 1.165) is 11.4 Å². The molecular formula is C20H23N4NaO4S. The Morgan fingerprint density at radius 3 is 1.90 bits per heavy atom. The second kappa shape index (κ2) is 12.8. The van der Waals surface area contributed by atoms with Crippen LogP contribution in [0.15, 0.2) is 78.0 Å². The molecule has 2 aromatic heterocycles. The molecule has 1 aromatic carbocycles. The zero-order chi connectivity index (χ0) is 19.8. The molecule has 0 aliphatic carbocycles. The van der Waals surface area contributed by atoms with Gasteiger partial charge in [0.2, 0.25) is 0 Å². The number of aromatic nitrogens is 2. The summed E-state index contributed by atoms with van der Waals surface area (Å²) in [6.45, 7) is 2.33. The van der Waals surface area contributed by atoms with Crippen molar-refractivity contribution in [3.8, 4) is 0 Å². The van der Waals surface area contributed by atoms with Gasteiger partial charge in [-0.1, -0.05) is 24.3 Å². The van der Waals surface area contributed by atoms with Gasteiger partial charge in [0.15, 0.2) is 0 Å². The monoisotopic (exact) mass is 438 g/mol. The van der Waals surface area contributed by atoms with Crippen molar-refractivity contribution in [1.29, 1.82) is 0 Å². The number of hydrogen-bond donors (Lipinski definition) is 1. The summed E-state index contributed by atoms with van der Waals surface area (Å²) in [6.07, 6.45) is 3.50. The van der Waals surface area contributed by atoms with Crippen LogP contribution in [0.3, 0.4) is 0 Å². The van der Waals surface area contributed by atoms with Crippen molar-refractivity contribution in [3.05, 3.63) is 84.4 Å². The summed E-state index contributed by atoms with van der Waals surface area (Å²) in [5.41, 5.74) is 2.18. The van der Waals surface area contributed by atoms with E-state index in [9.17, 15) is 13.0 Å². The summed E-state index contributed by atoms with van der Waals surface area (Å²) in [4.78, 5) is 10.7. The smallest absolute Gasteiger partial charge is 0.744 e. The molecule has 10 heteroatoms. The van der Waals surface area contributed by atoms with Gasteiger partial charge in [-0.05, 0) is 36.4 Å². The van der Waals surface area contributed by atoms with Gasteiger partial charge in [0.1, 0.15) is 10.1 Å². The molecule has 0 atom stereocenters. The second-order valence-electron chi connectivity index (χ2n) is 6.23. The first kappa shape index (κ1) is 26.2. The Kier molecular flexibility index (Phi) is 11.1. The maximum Gasteiger partial charge on any atom is 1.00 e. The minimum atomic E-state index is -4.53. The molecule has 0 saturated carbocycles. The van der Waals surface area contributed by atoms with E-state index in [4.69, 9.17) is 0 Å². The molecule has 0 aliphatic rings. The van der Waals surface area contributed by atoms with Crippen molar-refractivity contribution in [1.82, 2.24) is 14.9 Å². The van der Waals surface area contributed by atoms with Gasteiger partial charge in [-0.2, -0.15) is 0 Å². The Labute approximate surface area is 198 Å². The average molecular weight is 438 g/mol. The summed E-state index contributed by atoms with van der Waals surface area (Å²) >= 11 is 0. The largest absolute Gasteiger partial charge is 1.00 e. The van der Waals surface area contributed by atoms with E-state index in [1.54, 1.807) is 24.5 Å². The van der Waals surface area contributed by atoms with E-state index < -0.39 is 10.1 Å². The Balaban J connectivity index is 0.00000225. The van der Waals surface area contributed by atoms with Gasteiger partial charge >= 0.3 is 29.6 Å². The van der Waals surface area contributed by atoms with Crippen LogP contribution in [-0.2, 0) is 23.2 Å². The number of nitrogens with one attached hydrogen (secondary N) is 1. The van der Waals surface area contributed by atoms with Gasteiger partial charge in [0.05, 0.1) is 22.0 Å². The fourth-order valence-corrected chi connectivity index (χ4v) is 3.49. The van der Waals surface area contributed by atoms with Crippen molar-refractivity contribution in [2.24, 2.45) is 0 Å². The average Bonchev–Trinajstić information content (AvgIpc) is 2.69. The zero-order valence-corrected chi connectivity index (χ0v) is 19.5. The summed E-state index contributed by atoms with van der Waals surface area (Å²) in [6, 6.07) is 17.7. The number of hydrogen-bond acceptors (Lipinski definition) is 7. The van der Waals surface area contributed by atoms with Gasteiger partial charge in [-0.15, -0.1) is 0 Å². The van der Waals surface area contributed by atoms with Crippen LogP contribution < -0.4 is 34.9 Å². The molecule has 0 spiro atoms. The third-order valence-corrected chi connectivity index (χ3v) is 5.02. The third kappa shape index (κ3) is 8.11. The molecular weight excluding hydrogens is 415 g/mol. The van der Waals surface area contributed by atoms with Crippen molar-refractivity contribution < 1.29 is 48.0 Å². The SMILES string of the molecule is O.O=S(=O)([O-])c1ccccc1NCCN(Cc1ccccn1)Cc1ccccn1.[Na+].